The topological polar surface area (TPSA) is 48.1 Å². The van der Waals surface area contributed by atoms with E-state index in [4.69, 9.17) is 10.5 Å². The molecule has 2 aromatic rings. The third-order valence-corrected chi connectivity index (χ3v) is 3.91. The molecular formula is C15H15BrN2O. The molecule has 0 spiro atoms. The number of hydrogen-bond donors (Lipinski definition) is 1. The van der Waals surface area contributed by atoms with Crippen molar-refractivity contribution in [1.29, 1.82) is 0 Å². The molecule has 0 fully saturated rings. The van der Waals surface area contributed by atoms with Gasteiger partial charge in [0.2, 0.25) is 0 Å². The zero-order chi connectivity index (χ0) is 13.4. The fourth-order valence-corrected chi connectivity index (χ4v) is 2.73. The second kappa shape index (κ2) is 4.94. The lowest BCUT2D eigenvalue weighted by molar-refractivity contribution is 0.161. The third kappa shape index (κ3) is 2.51. The predicted octanol–water partition coefficient (Wildman–Crippen LogP) is 3.68. The summed E-state index contributed by atoms with van der Waals surface area (Å²) in [5.41, 5.74) is 9.40. The molecule has 4 heteroatoms. The number of fused-ring (bicyclic) bond motifs is 1. The highest BCUT2D eigenvalue weighted by Gasteiger charge is 2.27. The van der Waals surface area contributed by atoms with Crippen molar-refractivity contribution in [3.8, 4) is 5.75 Å². The molecular weight excluding hydrogens is 304 g/mol. The number of halogens is 1. The van der Waals surface area contributed by atoms with Crippen molar-refractivity contribution >= 4 is 15.9 Å². The van der Waals surface area contributed by atoms with Crippen LogP contribution in [0.4, 0.5) is 0 Å². The number of pyridine rings is 1. The average molecular weight is 319 g/mol. The van der Waals surface area contributed by atoms with Gasteiger partial charge in [0, 0.05) is 40.0 Å². The van der Waals surface area contributed by atoms with Gasteiger partial charge < -0.3 is 10.5 Å². The van der Waals surface area contributed by atoms with Gasteiger partial charge in [0.15, 0.2) is 0 Å². The van der Waals surface area contributed by atoms with Crippen molar-refractivity contribution in [2.24, 2.45) is 5.73 Å². The fraction of sp³-hybridized carbons (Fsp3) is 0.267. The summed E-state index contributed by atoms with van der Waals surface area (Å²) in [7, 11) is 0. The van der Waals surface area contributed by atoms with E-state index in [0.717, 1.165) is 33.5 Å². The summed E-state index contributed by atoms with van der Waals surface area (Å²) >= 11 is 3.46. The van der Waals surface area contributed by atoms with Gasteiger partial charge in [-0.2, -0.15) is 0 Å². The molecule has 0 amide bonds. The molecule has 2 heterocycles. The van der Waals surface area contributed by atoms with Gasteiger partial charge in [-0.1, -0.05) is 22.0 Å². The van der Waals surface area contributed by atoms with Crippen LogP contribution in [-0.4, -0.2) is 4.98 Å². The minimum absolute atomic E-state index is 0.00690. The Morgan fingerprint density at radius 3 is 2.89 bits per heavy atom. The summed E-state index contributed by atoms with van der Waals surface area (Å²) in [4.78, 5) is 4.32. The summed E-state index contributed by atoms with van der Waals surface area (Å²) in [6.07, 6.45) is 2.63. The first-order valence-electron chi connectivity index (χ1n) is 6.28. The normalized spacial score (nSPS) is 21.6. The maximum atomic E-state index is 6.25. The summed E-state index contributed by atoms with van der Waals surface area (Å²) in [6.45, 7) is 1.98. The van der Waals surface area contributed by atoms with E-state index in [2.05, 4.69) is 27.0 Å². The van der Waals surface area contributed by atoms with Gasteiger partial charge in [-0.15, -0.1) is 0 Å². The van der Waals surface area contributed by atoms with Gasteiger partial charge in [0.05, 0.1) is 0 Å². The SMILES string of the molecule is Cc1ccc(C2C[C@H](N)c3cc(Br)ccc3O2)cn1. The van der Waals surface area contributed by atoms with Crippen LogP contribution in [0.2, 0.25) is 0 Å². The molecule has 3 rings (SSSR count). The Balaban J connectivity index is 1.92. The average Bonchev–Trinajstić information content (AvgIpc) is 2.40. The standard InChI is InChI=1S/C15H15BrN2O/c1-9-2-3-10(8-18-9)15-7-13(17)12-6-11(16)4-5-14(12)19-15/h2-6,8,13,15H,7,17H2,1H3/t13-,15?/m0/s1. The van der Waals surface area contributed by atoms with Gasteiger partial charge in [0.25, 0.3) is 0 Å². The zero-order valence-electron chi connectivity index (χ0n) is 10.6. The van der Waals surface area contributed by atoms with Crippen molar-refractivity contribution in [2.75, 3.05) is 0 Å². The molecule has 3 nitrogen and oxygen atoms in total. The lowest BCUT2D eigenvalue weighted by Crippen LogP contribution is -2.24. The van der Waals surface area contributed by atoms with Gasteiger partial charge in [-0.25, -0.2) is 0 Å². The van der Waals surface area contributed by atoms with Crippen molar-refractivity contribution < 1.29 is 4.74 Å². The van der Waals surface area contributed by atoms with Gasteiger partial charge >= 0.3 is 0 Å². The minimum atomic E-state index is -0.0169. The lowest BCUT2D eigenvalue weighted by atomic mass is 9.94. The highest BCUT2D eigenvalue weighted by atomic mass is 79.9. The van der Waals surface area contributed by atoms with Crippen molar-refractivity contribution in [3.05, 3.63) is 57.8 Å². The molecule has 2 atom stereocenters. The number of aromatic nitrogens is 1. The molecule has 0 bridgehead atoms. The van der Waals surface area contributed by atoms with Crippen LogP contribution >= 0.6 is 15.9 Å². The largest absolute Gasteiger partial charge is 0.485 e. The van der Waals surface area contributed by atoms with E-state index in [9.17, 15) is 0 Å². The van der Waals surface area contributed by atoms with Crippen LogP contribution in [-0.2, 0) is 0 Å². The summed E-state index contributed by atoms with van der Waals surface area (Å²) in [5, 5.41) is 0. The van der Waals surface area contributed by atoms with E-state index in [1.807, 2.05) is 37.4 Å². The Labute approximate surface area is 120 Å². The number of aryl methyl sites for hydroxylation is 1. The quantitative estimate of drug-likeness (QED) is 0.872. The summed E-state index contributed by atoms with van der Waals surface area (Å²) < 4.78 is 7.07. The number of ether oxygens (including phenoxy) is 1. The van der Waals surface area contributed by atoms with E-state index >= 15 is 0 Å². The molecule has 1 aliphatic rings. The third-order valence-electron chi connectivity index (χ3n) is 3.41. The second-order valence-electron chi connectivity index (χ2n) is 4.86. The molecule has 1 aromatic heterocycles. The van der Waals surface area contributed by atoms with Crippen LogP contribution in [0, 0.1) is 6.92 Å². The Hall–Kier alpha value is -1.39. The van der Waals surface area contributed by atoms with Gasteiger partial charge in [-0.3, -0.25) is 4.98 Å². The Kier molecular flexibility index (Phi) is 3.29. The summed E-state index contributed by atoms with van der Waals surface area (Å²) in [5.74, 6) is 0.868. The van der Waals surface area contributed by atoms with E-state index in [0.29, 0.717) is 0 Å². The molecule has 0 saturated heterocycles. The van der Waals surface area contributed by atoms with E-state index in [1.54, 1.807) is 0 Å². The minimum Gasteiger partial charge on any atom is -0.485 e. The van der Waals surface area contributed by atoms with E-state index in [-0.39, 0.29) is 12.1 Å². The molecule has 0 saturated carbocycles. The molecule has 2 N–H and O–H groups in total. The fourth-order valence-electron chi connectivity index (χ4n) is 2.35. The first-order chi connectivity index (χ1) is 9.13. The van der Waals surface area contributed by atoms with E-state index in [1.165, 1.54) is 0 Å². The Morgan fingerprint density at radius 1 is 1.32 bits per heavy atom. The molecule has 0 radical (unpaired) electrons. The van der Waals surface area contributed by atoms with Crippen molar-refractivity contribution in [3.63, 3.8) is 0 Å². The molecule has 0 aliphatic carbocycles. The maximum Gasteiger partial charge on any atom is 0.127 e. The van der Waals surface area contributed by atoms with Gasteiger partial charge in [-0.05, 0) is 31.2 Å². The smallest absolute Gasteiger partial charge is 0.127 e. The Bertz CT molecular complexity index is 598. The van der Waals surface area contributed by atoms with Crippen LogP contribution < -0.4 is 10.5 Å². The summed E-state index contributed by atoms with van der Waals surface area (Å²) in [6, 6.07) is 10.0. The van der Waals surface area contributed by atoms with Crippen LogP contribution in [0.15, 0.2) is 41.0 Å². The first-order valence-corrected chi connectivity index (χ1v) is 7.07. The van der Waals surface area contributed by atoms with Crippen LogP contribution in [0.1, 0.15) is 35.4 Å². The maximum absolute atomic E-state index is 6.25. The van der Waals surface area contributed by atoms with Crippen LogP contribution in [0.25, 0.3) is 0 Å². The van der Waals surface area contributed by atoms with E-state index < -0.39 is 0 Å². The first kappa shape index (κ1) is 12.6. The lowest BCUT2D eigenvalue weighted by Gasteiger charge is -2.30. The molecule has 98 valence electrons. The highest BCUT2D eigenvalue weighted by Crippen LogP contribution is 2.40. The highest BCUT2D eigenvalue weighted by molar-refractivity contribution is 9.10. The Morgan fingerprint density at radius 2 is 2.16 bits per heavy atom. The molecule has 1 unspecified atom stereocenters. The number of nitrogens with two attached hydrogens (primary N) is 1. The molecule has 1 aromatic carbocycles. The van der Waals surface area contributed by atoms with Gasteiger partial charge in [0.1, 0.15) is 11.9 Å². The van der Waals surface area contributed by atoms with Crippen LogP contribution in [0.5, 0.6) is 5.75 Å². The zero-order valence-corrected chi connectivity index (χ0v) is 12.2. The number of benzene rings is 1. The second-order valence-corrected chi connectivity index (χ2v) is 5.78. The monoisotopic (exact) mass is 318 g/mol. The molecule has 19 heavy (non-hydrogen) atoms. The predicted molar refractivity (Wildman–Crippen MR) is 78.0 cm³/mol. The number of nitrogens with zero attached hydrogens (tertiary/aromatic N) is 1. The number of hydrogen-bond acceptors (Lipinski definition) is 3. The van der Waals surface area contributed by atoms with Crippen LogP contribution in [0.3, 0.4) is 0 Å². The van der Waals surface area contributed by atoms with Crippen molar-refractivity contribution in [2.45, 2.75) is 25.5 Å². The molecule has 1 aliphatic heterocycles. The number of rotatable bonds is 1. The van der Waals surface area contributed by atoms with Crippen molar-refractivity contribution in [1.82, 2.24) is 4.98 Å².